The van der Waals surface area contributed by atoms with Crippen molar-refractivity contribution in [2.24, 2.45) is 0 Å². The molecule has 0 aliphatic rings. The van der Waals surface area contributed by atoms with E-state index in [1.807, 2.05) is 0 Å². The largest absolute Gasteiger partial charge is 0.462 e. The van der Waals surface area contributed by atoms with Gasteiger partial charge in [-0.05, 0) is 109 Å². The Morgan fingerprint density at radius 1 is 0.253 bits per heavy atom. The molecule has 1 unspecified atom stereocenters. The molecule has 0 aliphatic heterocycles. The molecular weight excluding hydrogens is 1020 g/mol. The van der Waals surface area contributed by atoms with Crippen molar-refractivity contribution in [3.8, 4) is 0 Å². The Labute approximate surface area is 513 Å². The van der Waals surface area contributed by atoms with E-state index in [0.717, 1.165) is 128 Å². The van der Waals surface area contributed by atoms with Crippen molar-refractivity contribution in [3.63, 3.8) is 0 Å². The lowest BCUT2D eigenvalue weighted by Crippen LogP contribution is -2.30. The van der Waals surface area contributed by atoms with Crippen LogP contribution in [0.1, 0.15) is 329 Å². The SMILES string of the molecule is CC/C=C\C/C=C\C/C=C\C/C=C\C/C=C\C/C=C\CCCCC(=O)OC(COC(=O)CCCCCCCC/C=C\C/C=C\C/C=C\C/C=C\CC)COC(=O)CCCCCCCCCCCCCCCCCCCCCCCCCCC. The number of carbonyl (C=O) groups is 3. The third kappa shape index (κ3) is 68.5. The second kappa shape index (κ2) is 70.3. The third-order valence-electron chi connectivity index (χ3n) is 15.0. The Balaban J connectivity index is 4.43. The van der Waals surface area contributed by atoms with Gasteiger partial charge in [0.2, 0.25) is 0 Å². The van der Waals surface area contributed by atoms with Crippen molar-refractivity contribution in [1.82, 2.24) is 0 Å². The fourth-order valence-electron chi connectivity index (χ4n) is 9.79. The molecule has 0 spiro atoms. The zero-order valence-electron chi connectivity index (χ0n) is 54.4. The van der Waals surface area contributed by atoms with E-state index >= 15 is 0 Å². The Morgan fingerprint density at radius 2 is 0.470 bits per heavy atom. The highest BCUT2D eigenvalue weighted by atomic mass is 16.6. The zero-order valence-corrected chi connectivity index (χ0v) is 54.4. The molecule has 0 aromatic rings. The lowest BCUT2D eigenvalue weighted by molar-refractivity contribution is -0.167. The summed E-state index contributed by atoms with van der Waals surface area (Å²) in [7, 11) is 0. The normalized spacial score (nSPS) is 12.9. The first-order valence-electron chi connectivity index (χ1n) is 35.0. The van der Waals surface area contributed by atoms with E-state index in [-0.39, 0.29) is 37.5 Å². The van der Waals surface area contributed by atoms with Crippen molar-refractivity contribution >= 4 is 17.9 Å². The summed E-state index contributed by atoms with van der Waals surface area (Å²) in [4.78, 5) is 38.5. The van der Waals surface area contributed by atoms with Gasteiger partial charge in [-0.1, -0.05) is 322 Å². The van der Waals surface area contributed by atoms with Gasteiger partial charge in [-0.15, -0.1) is 0 Å². The molecule has 0 saturated heterocycles. The average molecular weight is 1150 g/mol. The monoisotopic (exact) mass is 1150 g/mol. The zero-order chi connectivity index (χ0) is 59.9. The summed E-state index contributed by atoms with van der Waals surface area (Å²) in [6.07, 6.45) is 98.0. The third-order valence-corrected chi connectivity index (χ3v) is 15.0. The number of hydrogen-bond acceptors (Lipinski definition) is 6. The van der Waals surface area contributed by atoms with Crippen LogP contribution >= 0.6 is 0 Å². The molecule has 0 aromatic heterocycles. The topological polar surface area (TPSA) is 78.9 Å². The Kier molecular flexibility index (Phi) is 66.7. The van der Waals surface area contributed by atoms with Gasteiger partial charge in [0, 0.05) is 19.3 Å². The van der Waals surface area contributed by atoms with E-state index in [2.05, 4.69) is 142 Å². The standard InChI is InChI=1S/C77H130O6/c1-4-7-10-13-16-19-22-25-28-31-34-36-37-38-39-41-43-46-49-52-55-58-61-64-67-70-76(79)82-73-74(72-81-75(78)69-66-63-60-57-54-51-48-45-42-33-30-27-24-21-18-15-12-9-6-3)83-77(80)71-68-65-62-59-56-53-50-47-44-40-35-32-29-26-23-20-17-14-11-8-5-2/h8-9,11-12,17-18,20-21,26-27,29-30,35,40,42,45,47,50,56,59,74H,4-7,10,13-16,19,22-25,28,31-34,36-39,41,43-44,46,48-49,51-55,57-58,60-73H2,1-3H3/b11-8-,12-9-,20-17-,21-18-,29-26-,30-27-,40-35-,45-42-,50-47-,59-56-. The lowest BCUT2D eigenvalue weighted by Gasteiger charge is -2.18. The molecule has 0 rings (SSSR count). The minimum absolute atomic E-state index is 0.100. The van der Waals surface area contributed by atoms with Crippen molar-refractivity contribution in [1.29, 1.82) is 0 Å². The van der Waals surface area contributed by atoms with Gasteiger partial charge in [-0.3, -0.25) is 14.4 Å². The van der Waals surface area contributed by atoms with Gasteiger partial charge in [-0.25, -0.2) is 0 Å². The van der Waals surface area contributed by atoms with Crippen LogP contribution < -0.4 is 0 Å². The number of unbranched alkanes of at least 4 members (excludes halogenated alkanes) is 32. The van der Waals surface area contributed by atoms with Crippen LogP contribution in [-0.2, 0) is 28.6 Å². The molecule has 0 fully saturated rings. The Hall–Kier alpha value is -4.19. The molecule has 0 aromatic carbocycles. The van der Waals surface area contributed by atoms with Crippen molar-refractivity contribution in [2.45, 2.75) is 335 Å². The molecule has 474 valence electrons. The van der Waals surface area contributed by atoms with Crippen LogP contribution in [0.3, 0.4) is 0 Å². The van der Waals surface area contributed by atoms with Gasteiger partial charge in [0.1, 0.15) is 13.2 Å². The van der Waals surface area contributed by atoms with E-state index < -0.39 is 6.10 Å². The van der Waals surface area contributed by atoms with Crippen LogP contribution in [0.5, 0.6) is 0 Å². The van der Waals surface area contributed by atoms with Crippen LogP contribution in [0.25, 0.3) is 0 Å². The van der Waals surface area contributed by atoms with Crippen LogP contribution in [-0.4, -0.2) is 37.2 Å². The summed E-state index contributed by atoms with van der Waals surface area (Å²) in [5.74, 6) is -0.947. The van der Waals surface area contributed by atoms with Crippen molar-refractivity contribution in [2.75, 3.05) is 13.2 Å². The van der Waals surface area contributed by atoms with Gasteiger partial charge in [0.05, 0.1) is 0 Å². The maximum atomic E-state index is 12.9. The molecule has 6 nitrogen and oxygen atoms in total. The lowest BCUT2D eigenvalue weighted by atomic mass is 10.0. The molecular formula is C77H130O6. The second-order valence-corrected chi connectivity index (χ2v) is 23.0. The summed E-state index contributed by atoms with van der Waals surface area (Å²) in [6.45, 7) is 6.41. The summed E-state index contributed by atoms with van der Waals surface area (Å²) in [5, 5.41) is 0. The van der Waals surface area contributed by atoms with E-state index in [1.54, 1.807) is 0 Å². The van der Waals surface area contributed by atoms with E-state index in [9.17, 15) is 14.4 Å². The number of carbonyl (C=O) groups excluding carboxylic acids is 3. The molecule has 0 bridgehead atoms. The average Bonchev–Trinajstić information content (AvgIpc) is 3.50. The van der Waals surface area contributed by atoms with Crippen LogP contribution in [0.2, 0.25) is 0 Å². The molecule has 0 radical (unpaired) electrons. The minimum atomic E-state index is -0.812. The van der Waals surface area contributed by atoms with Crippen molar-refractivity contribution < 1.29 is 28.6 Å². The van der Waals surface area contributed by atoms with E-state index in [1.165, 1.54) is 154 Å². The fourth-order valence-corrected chi connectivity index (χ4v) is 9.79. The quantitative estimate of drug-likeness (QED) is 0.0261. The fraction of sp³-hybridized carbons (Fsp3) is 0.701. The Bertz CT molecular complexity index is 1700. The van der Waals surface area contributed by atoms with Crippen molar-refractivity contribution in [3.05, 3.63) is 122 Å². The van der Waals surface area contributed by atoms with Gasteiger partial charge >= 0.3 is 17.9 Å². The summed E-state index contributed by atoms with van der Waals surface area (Å²) in [6, 6.07) is 0. The number of allylic oxidation sites excluding steroid dienone is 20. The first kappa shape index (κ1) is 78.8. The predicted molar refractivity (Wildman–Crippen MR) is 362 cm³/mol. The number of rotatable bonds is 63. The highest BCUT2D eigenvalue weighted by molar-refractivity contribution is 5.71. The summed E-state index contributed by atoms with van der Waals surface area (Å²) >= 11 is 0. The van der Waals surface area contributed by atoms with Gasteiger partial charge < -0.3 is 14.2 Å². The number of hydrogen-bond donors (Lipinski definition) is 0. The van der Waals surface area contributed by atoms with Crippen LogP contribution in [0.15, 0.2) is 122 Å². The van der Waals surface area contributed by atoms with Crippen LogP contribution in [0, 0.1) is 0 Å². The van der Waals surface area contributed by atoms with Crippen LogP contribution in [0.4, 0.5) is 0 Å². The van der Waals surface area contributed by atoms with Gasteiger partial charge in [0.15, 0.2) is 6.10 Å². The highest BCUT2D eigenvalue weighted by Crippen LogP contribution is 2.17. The molecule has 6 heteroatoms. The second-order valence-electron chi connectivity index (χ2n) is 23.0. The summed E-state index contributed by atoms with van der Waals surface area (Å²) < 4.78 is 16.9. The Morgan fingerprint density at radius 3 is 0.759 bits per heavy atom. The predicted octanol–water partition coefficient (Wildman–Crippen LogP) is 24.3. The first-order valence-corrected chi connectivity index (χ1v) is 35.0. The summed E-state index contributed by atoms with van der Waals surface area (Å²) in [5.41, 5.74) is 0. The van der Waals surface area contributed by atoms with E-state index in [4.69, 9.17) is 14.2 Å². The minimum Gasteiger partial charge on any atom is -0.462 e. The van der Waals surface area contributed by atoms with Gasteiger partial charge in [0.25, 0.3) is 0 Å². The molecule has 0 N–H and O–H groups in total. The molecule has 0 saturated carbocycles. The molecule has 0 amide bonds. The number of ether oxygens (including phenoxy) is 3. The van der Waals surface area contributed by atoms with E-state index in [0.29, 0.717) is 19.3 Å². The highest BCUT2D eigenvalue weighted by Gasteiger charge is 2.19. The molecule has 0 aliphatic carbocycles. The maximum Gasteiger partial charge on any atom is 0.306 e. The number of esters is 3. The van der Waals surface area contributed by atoms with Gasteiger partial charge in [-0.2, -0.15) is 0 Å². The maximum absolute atomic E-state index is 12.9. The molecule has 0 heterocycles. The molecule has 1 atom stereocenters. The first-order chi connectivity index (χ1) is 41.0. The molecule has 83 heavy (non-hydrogen) atoms. The smallest absolute Gasteiger partial charge is 0.306 e.